The van der Waals surface area contributed by atoms with Gasteiger partial charge in [-0.3, -0.25) is 0 Å². The standard InChI is InChI=1S/C13H15N/c1-3-4-5-9-12-14(2)13-10-7-6-8-11-13/h3-11H,1-2H3. The lowest BCUT2D eigenvalue weighted by Crippen LogP contribution is -1.96. The summed E-state index contributed by atoms with van der Waals surface area (Å²) in [7, 11) is 1.98. The van der Waals surface area contributed by atoms with E-state index in [4.69, 9.17) is 0 Å². The second kappa shape index (κ2) is 5.92. The Labute approximate surface area is 85.7 Å². The Bertz CT molecular complexity index is 345. The van der Waals surface area contributed by atoms with Gasteiger partial charge in [0.1, 0.15) is 18.9 Å². The van der Waals surface area contributed by atoms with E-state index < -0.39 is 0 Å². The van der Waals surface area contributed by atoms with Gasteiger partial charge in [-0.1, -0.05) is 24.3 Å². The van der Waals surface area contributed by atoms with Crippen molar-refractivity contribution in [3.8, 4) is 0 Å². The van der Waals surface area contributed by atoms with Crippen LogP contribution < -0.4 is 0 Å². The Morgan fingerprint density at radius 1 is 1.14 bits per heavy atom. The summed E-state index contributed by atoms with van der Waals surface area (Å²) in [5.74, 6) is 0. The van der Waals surface area contributed by atoms with Gasteiger partial charge in [-0.05, 0) is 19.1 Å². The molecule has 14 heavy (non-hydrogen) atoms. The molecule has 0 bridgehead atoms. The zero-order valence-electron chi connectivity index (χ0n) is 8.64. The molecule has 0 fully saturated rings. The van der Waals surface area contributed by atoms with Crippen LogP contribution in [0.1, 0.15) is 6.92 Å². The van der Waals surface area contributed by atoms with E-state index in [9.17, 15) is 0 Å². The van der Waals surface area contributed by atoms with Crippen LogP contribution in [0.3, 0.4) is 0 Å². The summed E-state index contributed by atoms with van der Waals surface area (Å²) in [6, 6.07) is 10.1. The minimum atomic E-state index is 1.14. The van der Waals surface area contributed by atoms with Crippen LogP contribution >= 0.6 is 0 Å². The van der Waals surface area contributed by atoms with Gasteiger partial charge in [-0.2, -0.15) is 6.08 Å². The molecule has 0 aliphatic rings. The summed E-state index contributed by atoms with van der Waals surface area (Å²) in [6.07, 6.45) is 11.0. The van der Waals surface area contributed by atoms with Crippen molar-refractivity contribution in [1.82, 2.24) is 0 Å². The van der Waals surface area contributed by atoms with E-state index in [0.717, 1.165) is 5.69 Å². The first-order chi connectivity index (χ1) is 6.84. The van der Waals surface area contributed by atoms with E-state index in [1.807, 2.05) is 61.1 Å². The summed E-state index contributed by atoms with van der Waals surface area (Å²) < 4.78 is 1.96. The Morgan fingerprint density at radius 3 is 2.50 bits per heavy atom. The molecule has 0 saturated heterocycles. The first-order valence-electron chi connectivity index (χ1n) is 4.67. The molecule has 0 atom stereocenters. The molecule has 0 aromatic heterocycles. The van der Waals surface area contributed by atoms with Gasteiger partial charge in [0.25, 0.3) is 0 Å². The molecular weight excluding hydrogens is 170 g/mol. The van der Waals surface area contributed by atoms with Gasteiger partial charge in [0, 0.05) is 0 Å². The predicted octanol–water partition coefficient (Wildman–Crippen LogP) is 3.04. The lowest BCUT2D eigenvalue weighted by Gasteiger charge is -1.99. The van der Waals surface area contributed by atoms with E-state index in [1.165, 1.54) is 0 Å². The average Bonchev–Trinajstić information content (AvgIpc) is 2.25. The fourth-order valence-electron chi connectivity index (χ4n) is 1.05. The van der Waals surface area contributed by atoms with Crippen LogP contribution in [-0.4, -0.2) is 17.8 Å². The highest BCUT2D eigenvalue weighted by molar-refractivity contribution is 5.67. The molecule has 0 unspecified atom stereocenters. The van der Waals surface area contributed by atoms with E-state index in [1.54, 1.807) is 0 Å². The average molecular weight is 185 g/mol. The molecule has 0 radical (unpaired) electrons. The fraction of sp³-hybridized carbons (Fsp3) is 0.154. The predicted molar refractivity (Wildman–Crippen MR) is 61.2 cm³/mol. The normalized spacial score (nSPS) is 12.9. The van der Waals surface area contributed by atoms with E-state index in [0.29, 0.717) is 0 Å². The highest BCUT2D eigenvalue weighted by Gasteiger charge is 1.89. The summed E-state index contributed by atoms with van der Waals surface area (Å²) in [6.45, 7) is 1.99. The number of rotatable bonds is 3. The van der Waals surface area contributed by atoms with Gasteiger partial charge in [-0.15, -0.1) is 12.2 Å². The minimum absolute atomic E-state index is 1.14. The van der Waals surface area contributed by atoms with Gasteiger partial charge in [0.2, 0.25) is 0 Å². The van der Waals surface area contributed by atoms with Crippen LogP contribution in [-0.2, 0) is 0 Å². The second-order valence-electron chi connectivity index (χ2n) is 2.91. The molecule has 1 rings (SSSR count). The first-order valence-corrected chi connectivity index (χ1v) is 4.67. The Hall–Kier alpha value is -1.63. The summed E-state index contributed by atoms with van der Waals surface area (Å²) in [5, 5.41) is 0. The van der Waals surface area contributed by atoms with Crippen molar-refractivity contribution >= 4 is 11.9 Å². The van der Waals surface area contributed by atoms with Crippen molar-refractivity contribution in [3.05, 3.63) is 54.6 Å². The van der Waals surface area contributed by atoms with Gasteiger partial charge in [0.05, 0.1) is 0 Å². The fourth-order valence-corrected chi connectivity index (χ4v) is 1.05. The van der Waals surface area contributed by atoms with Gasteiger partial charge in [0.15, 0.2) is 0 Å². The molecule has 1 heteroatoms. The third kappa shape index (κ3) is 3.40. The van der Waals surface area contributed by atoms with Crippen molar-refractivity contribution in [2.75, 3.05) is 7.05 Å². The third-order valence-electron chi connectivity index (χ3n) is 1.81. The quantitative estimate of drug-likeness (QED) is 0.295. The Kier molecular flexibility index (Phi) is 4.42. The smallest absolute Gasteiger partial charge is 0.115 e. The van der Waals surface area contributed by atoms with Crippen LogP contribution in [0.15, 0.2) is 54.6 Å². The number of hydrogen-bond donors (Lipinski definition) is 0. The first kappa shape index (κ1) is 10.5. The van der Waals surface area contributed by atoms with Crippen molar-refractivity contribution < 1.29 is 4.58 Å². The molecular formula is C13H15N. The van der Waals surface area contributed by atoms with E-state index in [-0.39, 0.29) is 0 Å². The number of hydrogen-bond acceptors (Lipinski definition) is 0. The van der Waals surface area contributed by atoms with Crippen LogP contribution in [0.5, 0.6) is 0 Å². The van der Waals surface area contributed by atoms with Crippen molar-refractivity contribution in [2.24, 2.45) is 0 Å². The lowest BCUT2D eigenvalue weighted by atomic mass is 10.3. The van der Waals surface area contributed by atoms with Crippen LogP contribution in [0.2, 0.25) is 0 Å². The minimum Gasteiger partial charge on any atom is -0.306 e. The van der Waals surface area contributed by atoms with E-state index in [2.05, 4.69) is 18.3 Å². The summed E-state index contributed by atoms with van der Waals surface area (Å²) in [4.78, 5) is 0. The number of benzene rings is 1. The Balaban J connectivity index is 2.70. The lowest BCUT2D eigenvalue weighted by molar-refractivity contribution is -0.398. The largest absolute Gasteiger partial charge is 0.306 e. The zero-order chi connectivity index (χ0) is 10.2. The van der Waals surface area contributed by atoms with Crippen molar-refractivity contribution in [3.63, 3.8) is 0 Å². The maximum Gasteiger partial charge on any atom is 0.115 e. The zero-order valence-corrected chi connectivity index (χ0v) is 8.64. The molecule has 1 nitrogen and oxygen atoms in total. The topological polar surface area (TPSA) is 3.01 Å². The third-order valence-corrected chi connectivity index (χ3v) is 1.81. The highest BCUT2D eigenvalue weighted by atomic mass is 15.0. The van der Waals surface area contributed by atoms with Gasteiger partial charge >= 0.3 is 0 Å². The van der Waals surface area contributed by atoms with Crippen molar-refractivity contribution in [2.45, 2.75) is 6.92 Å². The molecule has 0 saturated carbocycles. The van der Waals surface area contributed by atoms with Gasteiger partial charge < -0.3 is 4.58 Å². The van der Waals surface area contributed by atoms with Gasteiger partial charge in [-0.25, -0.2) is 0 Å². The van der Waals surface area contributed by atoms with E-state index >= 15 is 0 Å². The summed E-state index contributed by atoms with van der Waals surface area (Å²) in [5.41, 5.74) is 1.14. The molecule has 0 heterocycles. The monoisotopic (exact) mass is 185 g/mol. The maximum absolute atomic E-state index is 3.14. The second-order valence-corrected chi connectivity index (χ2v) is 2.91. The SMILES string of the molecule is CC=CC=C[C-]=[N+](C)c1ccccc1. The molecule has 0 aliphatic carbocycles. The maximum atomic E-state index is 3.14. The highest BCUT2D eigenvalue weighted by Crippen LogP contribution is 2.06. The molecule has 1 aromatic rings. The molecule has 0 N–H and O–H groups in total. The number of nitrogens with zero attached hydrogens (tertiary/aromatic N) is 1. The van der Waals surface area contributed by atoms with Crippen LogP contribution in [0, 0.1) is 0 Å². The van der Waals surface area contributed by atoms with Crippen molar-refractivity contribution in [1.29, 1.82) is 0 Å². The molecule has 0 aliphatic heterocycles. The molecule has 1 aromatic carbocycles. The number of para-hydroxylation sites is 1. The molecule has 0 amide bonds. The Morgan fingerprint density at radius 2 is 1.86 bits per heavy atom. The van der Waals surface area contributed by atoms with Crippen LogP contribution in [0.4, 0.5) is 5.69 Å². The summed E-state index contributed by atoms with van der Waals surface area (Å²) >= 11 is 0. The number of allylic oxidation sites excluding steroid dienone is 4. The molecule has 72 valence electrons. The van der Waals surface area contributed by atoms with Crippen LogP contribution in [0.25, 0.3) is 0 Å². The molecule has 0 spiro atoms.